The summed E-state index contributed by atoms with van der Waals surface area (Å²) < 4.78 is 25.7. The zero-order chi connectivity index (χ0) is 21.9. The van der Waals surface area contributed by atoms with Crippen molar-refractivity contribution in [3.8, 4) is 0 Å². The maximum atomic E-state index is 12.9. The fraction of sp³-hybridized carbons (Fsp3) is 0.350. The third-order valence-electron chi connectivity index (χ3n) is 5.11. The van der Waals surface area contributed by atoms with E-state index >= 15 is 0 Å². The first kappa shape index (κ1) is 21.6. The SMILES string of the molecule is Cc1ccc([N+](=O)[O-])cc1N(CC(=O)N1CCN(c2ccccc2)CC1)S(C)(=O)=O. The second-order valence-electron chi connectivity index (χ2n) is 7.20. The minimum Gasteiger partial charge on any atom is -0.368 e. The average Bonchev–Trinajstić information content (AvgIpc) is 2.72. The number of rotatable bonds is 6. The van der Waals surface area contributed by atoms with Crippen LogP contribution in [0, 0.1) is 17.0 Å². The molecule has 9 nitrogen and oxygen atoms in total. The first-order valence-corrected chi connectivity index (χ1v) is 11.3. The smallest absolute Gasteiger partial charge is 0.271 e. The minimum absolute atomic E-state index is 0.142. The van der Waals surface area contributed by atoms with Gasteiger partial charge in [0.2, 0.25) is 15.9 Å². The standard InChI is InChI=1S/C20H24N4O5S/c1-16-8-9-18(24(26)27)14-19(16)23(30(2,28)29)15-20(25)22-12-10-21(11-13-22)17-6-4-3-5-7-17/h3-9,14H,10-13,15H2,1-2H3. The van der Waals surface area contributed by atoms with Crippen LogP contribution in [-0.4, -0.2) is 63.1 Å². The number of non-ortho nitro benzene ring substituents is 1. The third kappa shape index (κ3) is 4.88. The van der Waals surface area contributed by atoms with E-state index in [1.54, 1.807) is 11.8 Å². The highest BCUT2D eigenvalue weighted by atomic mass is 32.2. The molecule has 1 aliphatic rings. The number of hydrogen-bond acceptors (Lipinski definition) is 6. The van der Waals surface area contributed by atoms with E-state index in [2.05, 4.69) is 4.90 Å². The maximum Gasteiger partial charge on any atom is 0.271 e. The van der Waals surface area contributed by atoms with Crippen molar-refractivity contribution < 1.29 is 18.1 Å². The molecule has 1 fully saturated rings. The molecule has 1 heterocycles. The topological polar surface area (TPSA) is 104 Å². The molecule has 160 valence electrons. The van der Waals surface area contributed by atoms with Crippen molar-refractivity contribution in [2.45, 2.75) is 6.92 Å². The van der Waals surface area contributed by atoms with Crippen LogP contribution >= 0.6 is 0 Å². The molecule has 1 aliphatic heterocycles. The molecule has 0 atom stereocenters. The van der Waals surface area contributed by atoms with Crippen LogP contribution in [0.1, 0.15) is 5.56 Å². The van der Waals surface area contributed by atoms with Gasteiger partial charge in [-0.3, -0.25) is 19.2 Å². The highest BCUT2D eigenvalue weighted by Crippen LogP contribution is 2.27. The van der Waals surface area contributed by atoms with Crippen molar-refractivity contribution in [3.63, 3.8) is 0 Å². The largest absolute Gasteiger partial charge is 0.368 e. The lowest BCUT2D eigenvalue weighted by Crippen LogP contribution is -2.52. The van der Waals surface area contributed by atoms with Crippen LogP contribution in [0.2, 0.25) is 0 Å². The van der Waals surface area contributed by atoms with Gasteiger partial charge in [0.15, 0.2) is 0 Å². The number of benzene rings is 2. The average molecular weight is 433 g/mol. The third-order valence-corrected chi connectivity index (χ3v) is 6.23. The Morgan fingerprint density at radius 2 is 1.73 bits per heavy atom. The number of nitrogens with zero attached hydrogens (tertiary/aromatic N) is 4. The Balaban J connectivity index is 1.75. The van der Waals surface area contributed by atoms with Crippen LogP contribution in [0.25, 0.3) is 0 Å². The summed E-state index contributed by atoms with van der Waals surface area (Å²) in [5.41, 5.74) is 1.53. The second-order valence-corrected chi connectivity index (χ2v) is 9.11. The summed E-state index contributed by atoms with van der Waals surface area (Å²) in [5.74, 6) is -0.334. The van der Waals surface area contributed by atoms with Crippen molar-refractivity contribution in [2.24, 2.45) is 0 Å². The molecular weight excluding hydrogens is 408 g/mol. The number of nitro groups is 1. The molecule has 3 rings (SSSR count). The molecule has 0 spiro atoms. The molecule has 1 amide bonds. The predicted octanol–water partition coefficient (Wildman–Crippen LogP) is 2.02. The van der Waals surface area contributed by atoms with Crippen molar-refractivity contribution in [1.29, 1.82) is 0 Å². The Kier molecular flexibility index (Phi) is 6.25. The summed E-state index contributed by atoms with van der Waals surface area (Å²) >= 11 is 0. The lowest BCUT2D eigenvalue weighted by atomic mass is 10.2. The Labute approximate surface area is 175 Å². The highest BCUT2D eigenvalue weighted by Gasteiger charge is 2.28. The van der Waals surface area contributed by atoms with Crippen molar-refractivity contribution in [1.82, 2.24) is 4.90 Å². The Morgan fingerprint density at radius 3 is 2.30 bits per heavy atom. The number of hydrogen-bond donors (Lipinski definition) is 0. The summed E-state index contributed by atoms with van der Waals surface area (Å²) in [4.78, 5) is 27.2. The van der Waals surface area contributed by atoms with Gasteiger partial charge >= 0.3 is 0 Å². The number of piperazine rings is 1. The van der Waals surface area contributed by atoms with Gasteiger partial charge in [-0.25, -0.2) is 8.42 Å². The van der Waals surface area contributed by atoms with Gasteiger partial charge < -0.3 is 9.80 Å². The molecule has 0 aliphatic carbocycles. The molecule has 10 heteroatoms. The molecule has 2 aromatic rings. The van der Waals surface area contributed by atoms with Gasteiger partial charge in [0.1, 0.15) is 6.54 Å². The van der Waals surface area contributed by atoms with Gasteiger partial charge in [0.25, 0.3) is 5.69 Å². The summed E-state index contributed by atoms with van der Waals surface area (Å²) in [6, 6.07) is 13.9. The van der Waals surface area contributed by atoms with Gasteiger partial charge in [-0.2, -0.15) is 0 Å². The number of amides is 1. The first-order chi connectivity index (χ1) is 14.2. The lowest BCUT2D eigenvalue weighted by Gasteiger charge is -2.37. The molecule has 30 heavy (non-hydrogen) atoms. The number of nitro benzene ring substituents is 1. The number of sulfonamides is 1. The molecule has 0 radical (unpaired) electrons. The van der Waals surface area contributed by atoms with Crippen LogP contribution in [0.3, 0.4) is 0 Å². The van der Waals surface area contributed by atoms with E-state index in [9.17, 15) is 23.3 Å². The van der Waals surface area contributed by atoms with Crippen molar-refractivity contribution in [2.75, 3.05) is 48.2 Å². The maximum absolute atomic E-state index is 12.9. The van der Waals surface area contributed by atoms with E-state index in [0.717, 1.165) is 16.2 Å². The molecule has 0 saturated carbocycles. The van der Waals surface area contributed by atoms with E-state index in [1.165, 1.54) is 18.2 Å². The van der Waals surface area contributed by atoms with Crippen LogP contribution in [0.15, 0.2) is 48.5 Å². The normalized spacial score (nSPS) is 14.5. The number of para-hydroxylation sites is 1. The fourth-order valence-corrected chi connectivity index (χ4v) is 4.34. The summed E-state index contributed by atoms with van der Waals surface area (Å²) in [5, 5.41) is 11.1. The van der Waals surface area contributed by atoms with Crippen molar-refractivity contribution in [3.05, 3.63) is 64.2 Å². The predicted molar refractivity (Wildman–Crippen MR) is 115 cm³/mol. The molecule has 2 aromatic carbocycles. The number of carbonyl (C=O) groups excluding carboxylic acids is 1. The molecule has 1 saturated heterocycles. The van der Waals surface area contributed by atoms with Crippen LogP contribution in [0.5, 0.6) is 0 Å². The summed E-state index contributed by atoms with van der Waals surface area (Å²) in [6.45, 7) is 3.49. The fourth-order valence-electron chi connectivity index (χ4n) is 3.44. The van der Waals surface area contributed by atoms with E-state index in [-0.39, 0.29) is 17.3 Å². The van der Waals surface area contributed by atoms with Gasteiger partial charge in [0, 0.05) is 44.0 Å². The summed E-state index contributed by atoms with van der Waals surface area (Å²) in [6.07, 6.45) is 0.992. The molecule has 0 N–H and O–H groups in total. The monoisotopic (exact) mass is 432 g/mol. The Hall–Kier alpha value is -3.14. The van der Waals surface area contributed by atoms with Gasteiger partial charge in [-0.1, -0.05) is 24.3 Å². The van der Waals surface area contributed by atoms with Gasteiger partial charge in [-0.15, -0.1) is 0 Å². The highest BCUT2D eigenvalue weighted by molar-refractivity contribution is 7.92. The van der Waals surface area contributed by atoms with E-state index in [4.69, 9.17) is 0 Å². The van der Waals surface area contributed by atoms with Crippen LogP contribution in [0.4, 0.5) is 17.1 Å². The first-order valence-electron chi connectivity index (χ1n) is 9.47. The number of carbonyl (C=O) groups is 1. The van der Waals surface area contributed by atoms with E-state index < -0.39 is 21.5 Å². The Morgan fingerprint density at radius 1 is 1.10 bits per heavy atom. The second kappa shape index (κ2) is 8.70. The summed E-state index contributed by atoms with van der Waals surface area (Å²) in [7, 11) is -3.82. The Bertz CT molecular complexity index is 1030. The minimum atomic E-state index is -3.82. The molecule has 0 bridgehead atoms. The lowest BCUT2D eigenvalue weighted by molar-refractivity contribution is -0.384. The van der Waals surface area contributed by atoms with Gasteiger partial charge in [0.05, 0.1) is 16.9 Å². The number of aryl methyl sites for hydroxylation is 1. The zero-order valence-corrected chi connectivity index (χ0v) is 17.7. The van der Waals surface area contributed by atoms with Gasteiger partial charge in [-0.05, 0) is 24.6 Å². The van der Waals surface area contributed by atoms with Crippen molar-refractivity contribution >= 4 is 33.0 Å². The zero-order valence-electron chi connectivity index (χ0n) is 16.9. The number of anilines is 2. The molecule has 0 unspecified atom stereocenters. The van der Waals surface area contributed by atoms with E-state index in [0.29, 0.717) is 31.7 Å². The van der Waals surface area contributed by atoms with E-state index in [1.807, 2.05) is 30.3 Å². The quantitative estimate of drug-likeness (QED) is 0.511. The van der Waals surface area contributed by atoms with Crippen LogP contribution < -0.4 is 9.21 Å². The molecular formula is C20H24N4O5S. The molecule has 0 aromatic heterocycles. The van der Waals surface area contributed by atoms with Crippen LogP contribution in [-0.2, 0) is 14.8 Å².